The van der Waals surface area contributed by atoms with E-state index in [-0.39, 0.29) is 50.5 Å². The first-order valence-corrected chi connectivity index (χ1v) is 16.9. The lowest BCUT2D eigenvalue weighted by molar-refractivity contribution is -0.158. The lowest BCUT2D eigenvalue weighted by Gasteiger charge is -2.47. The van der Waals surface area contributed by atoms with Gasteiger partial charge in [0.1, 0.15) is 12.2 Å². The number of fused-ring (bicyclic) bond motifs is 2. The van der Waals surface area contributed by atoms with Gasteiger partial charge in [0.25, 0.3) is 0 Å². The van der Waals surface area contributed by atoms with Gasteiger partial charge in [-0.15, -0.1) is 0 Å². The number of thiazole rings is 1. The predicted molar refractivity (Wildman–Crippen MR) is 186 cm³/mol. The minimum atomic E-state index is -0.834. The van der Waals surface area contributed by atoms with E-state index in [1.807, 2.05) is 44.2 Å². The number of anilines is 2. The summed E-state index contributed by atoms with van der Waals surface area (Å²) in [5.74, 6) is -0.466. The van der Waals surface area contributed by atoms with E-state index < -0.39 is 18.2 Å². The number of halogens is 2. The van der Waals surface area contributed by atoms with E-state index in [0.717, 1.165) is 26.9 Å². The Morgan fingerprint density at radius 3 is 2.56 bits per heavy atom. The molecule has 2 atom stereocenters. The standard InChI is InChI=1S/C33H34Cl2N8O4S/c1-19(2)43(33(47)37-14-21-8-11-24(34)25(35)12-21)41-17-29(45)42-26(13-20-6-9-23(10-7-20)38-18-44)31(46)40(16-28(41)42)15-22-4-3-5-27-30(22)39-32(36)48-27/h3-12,18-19,26,28H,13-17H2,1-2H3,(H2,36,39)(H,37,47)(H,38,44)/t26-,28+/m0/s1. The second-order valence-electron chi connectivity index (χ2n) is 11.9. The van der Waals surface area contributed by atoms with Crippen LogP contribution in [0.15, 0.2) is 60.7 Å². The van der Waals surface area contributed by atoms with Crippen LogP contribution in [-0.4, -0.2) is 80.4 Å². The van der Waals surface area contributed by atoms with Crippen LogP contribution in [0.1, 0.15) is 30.5 Å². The summed E-state index contributed by atoms with van der Waals surface area (Å²) in [4.78, 5) is 60.6. The molecule has 5 amide bonds. The Labute approximate surface area is 291 Å². The van der Waals surface area contributed by atoms with Crippen molar-refractivity contribution in [3.63, 3.8) is 0 Å². The predicted octanol–water partition coefficient (Wildman–Crippen LogP) is 4.71. The number of nitrogens with one attached hydrogen (secondary N) is 2. The number of carbonyl (C=O) groups is 4. The van der Waals surface area contributed by atoms with Crippen molar-refractivity contribution >= 4 is 79.8 Å². The summed E-state index contributed by atoms with van der Waals surface area (Å²) in [5.41, 5.74) is 9.78. The van der Waals surface area contributed by atoms with Crippen LogP contribution in [0.4, 0.5) is 15.6 Å². The number of rotatable bonds is 10. The molecule has 1 aromatic heterocycles. The van der Waals surface area contributed by atoms with Crippen molar-refractivity contribution in [3.8, 4) is 0 Å². The van der Waals surface area contributed by atoms with E-state index in [9.17, 15) is 19.2 Å². The van der Waals surface area contributed by atoms with Crippen LogP contribution in [0.3, 0.4) is 0 Å². The Morgan fingerprint density at radius 1 is 1.10 bits per heavy atom. The molecule has 48 heavy (non-hydrogen) atoms. The third kappa shape index (κ3) is 6.76. The van der Waals surface area contributed by atoms with Gasteiger partial charge in [-0.3, -0.25) is 19.4 Å². The Balaban J connectivity index is 1.31. The summed E-state index contributed by atoms with van der Waals surface area (Å²) in [6.45, 7) is 4.27. The zero-order valence-electron chi connectivity index (χ0n) is 26.2. The number of hydrogen-bond donors (Lipinski definition) is 3. The molecule has 3 aromatic carbocycles. The molecule has 2 saturated heterocycles. The van der Waals surface area contributed by atoms with Gasteiger partial charge in [-0.1, -0.05) is 64.9 Å². The van der Waals surface area contributed by atoms with Gasteiger partial charge in [0.2, 0.25) is 18.2 Å². The Bertz CT molecular complexity index is 1870. The Morgan fingerprint density at radius 2 is 1.85 bits per heavy atom. The van der Waals surface area contributed by atoms with E-state index in [2.05, 4.69) is 15.6 Å². The number of nitrogens with two attached hydrogens (primary N) is 1. The molecule has 2 aliphatic rings. The van der Waals surface area contributed by atoms with Crippen LogP contribution in [0.25, 0.3) is 10.2 Å². The number of amides is 5. The molecule has 2 fully saturated rings. The number of carbonyl (C=O) groups excluding carboxylic acids is 4. The molecule has 0 spiro atoms. The Kier molecular flexibility index (Phi) is 9.74. The third-order valence-electron chi connectivity index (χ3n) is 8.46. The molecule has 0 radical (unpaired) electrons. The van der Waals surface area contributed by atoms with Gasteiger partial charge in [-0.05, 0) is 60.9 Å². The van der Waals surface area contributed by atoms with Gasteiger partial charge < -0.3 is 26.2 Å². The highest BCUT2D eigenvalue weighted by molar-refractivity contribution is 7.22. The molecule has 0 aliphatic carbocycles. The lowest BCUT2D eigenvalue weighted by atomic mass is 9.99. The average Bonchev–Trinajstić information content (AvgIpc) is 3.59. The molecule has 2 aliphatic heterocycles. The summed E-state index contributed by atoms with van der Waals surface area (Å²) >= 11 is 13.6. The number of para-hydroxylation sites is 1. The fourth-order valence-corrected chi connectivity index (χ4v) is 7.41. The number of hydrazine groups is 1. The summed E-state index contributed by atoms with van der Waals surface area (Å²) in [5, 5.41) is 10.1. The van der Waals surface area contributed by atoms with E-state index in [4.69, 9.17) is 28.9 Å². The largest absolute Gasteiger partial charge is 0.375 e. The topological polar surface area (TPSA) is 144 Å². The average molecular weight is 710 g/mol. The monoisotopic (exact) mass is 708 g/mol. The van der Waals surface area contributed by atoms with Crippen molar-refractivity contribution in [1.82, 2.24) is 30.1 Å². The van der Waals surface area contributed by atoms with Crippen molar-refractivity contribution in [3.05, 3.63) is 87.4 Å². The fourth-order valence-electron chi connectivity index (χ4n) is 6.30. The molecular weight excluding hydrogens is 675 g/mol. The number of benzene rings is 3. The SMILES string of the molecule is CC(C)N(C(=O)NCc1ccc(Cl)c(Cl)c1)N1CC(=O)N2[C@@H](Cc3ccc(NC=O)cc3)C(=O)N(Cc3cccc4sc(N)nc34)C[C@@H]21. The van der Waals surface area contributed by atoms with Crippen LogP contribution in [0, 0.1) is 0 Å². The molecule has 250 valence electrons. The molecule has 15 heteroatoms. The molecule has 0 bridgehead atoms. The number of urea groups is 1. The van der Waals surface area contributed by atoms with Gasteiger partial charge >= 0.3 is 6.03 Å². The normalized spacial score (nSPS) is 18.0. The summed E-state index contributed by atoms with van der Waals surface area (Å²) < 4.78 is 0.916. The van der Waals surface area contributed by atoms with Crippen molar-refractivity contribution in [2.24, 2.45) is 0 Å². The van der Waals surface area contributed by atoms with Crippen molar-refractivity contribution in [2.75, 3.05) is 24.1 Å². The quantitative estimate of drug-likeness (QED) is 0.202. The second kappa shape index (κ2) is 14.0. The van der Waals surface area contributed by atoms with E-state index in [1.165, 1.54) is 11.3 Å². The summed E-state index contributed by atoms with van der Waals surface area (Å²) in [6, 6.07) is 16.5. The molecule has 6 rings (SSSR count). The van der Waals surface area contributed by atoms with Crippen LogP contribution in [0.5, 0.6) is 0 Å². The molecule has 4 N–H and O–H groups in total. The van der Waals surface area contributed by atoms with Crippen LogP contribution < -0.4 is 16.4 Å². The van der Waals surface area contributed by atoms with Gasteiger partial charge in [0.15, 0.2) is 5.13 Å². The van der Waals surface area contributed by atoms with Crippen LogP contribution in [0.2, 0.25) is 10.0 Å². The zero-order valence-corrected chi connectivity index (χ0v) is 28.6. The first-order chi connectivity index (χ1) is 23.0. The lowest BCUT2D eigenvalue weighted by Crippen LogP contribution is -2.66. The number of aromatic nitrogens is 1. The van der Waals surface area contributed by atoms with E-state index in [0.29, 0.717) is 27.3 Å². The van der Waals surface area contributed by atoms with Gasteiger partial charge in [-0.2, -0.15) is 5.01 Å². The molecule has 0 unspecified atom stereocenters. The maximum absolute atomic E-state index is 14.3. The van der Waals surface area contributed by atoms with E-state index in [1.54, 1.807) is 50.1 Å². The third-order valence-corrected chi connectivity index (χ3v) is 10.0. The van der Waals surface area contributed by atoms with E-state index >= 15 is 0 Å². The van der Waals surface area contributed by atoms with Crippen LogP contribution >= 0.6 is 34.5 Å². The summed E-state index contributed by atoms with van der Waals surface area (Å²) in [6.07, 6.45) is 0.220. The maximum Gasteiger partial charge on any atom is 0.332 e. The highest BCUT2D eigenvalue weighted by Gasteiger charge is 2.52. The second-order valence-corrected chi connectivity index (χ2v) is 13.8. The minimum absolute atomic E-state index is 0.0823. The summed E-state index contributed by atoms with van der Waals surface area (Å²) in [7, 11) is 0. The number of nitrogen functional groups attached to an aromatic ring is 1. The molecule has 3 heterocycles. The number of nitrogens with zero attached hydrogens (tertiary/aromatic N) is 5. The van der Waals surface area contributed by atoms with Crippen LogP contribution in [-0.2, 0) is 33.9 Å². The van der Waals surface area contributed by atoms with Gasteiger partial charge in [0, 0.05) is 31.2 Å². The van der Waals surface area contributed by atoms with Crippen molar-refractivity contribution in [1.29, 1.82) is 0 Å². The molecule has 0 saturated carbocycles. The fraction of sp³-hybridized carbons (Fsp3) is 0.303. The van der Waals surface area contributed by atoms with Crippen molar-refractivity contribution < 1.29 is 19.2 Å². The number of hydrogen-bond acceptors (Lipinski definition) is 8. The van der Waals surface area contributed by atoms with Crippen molar-refractivity contribution in [2.45, 2.75) is 51.6 Å². The first-order valence-electron chi connectivity index (χ1n) is 15.3. The minimum Gasteiger partial charge on any atom is -0.375 e. The zero-order chi connectivity index (χ0) is 34.1. The van der Waals surface area contributed by atoms with Gasteiger partial charge in [0.05, 0.1) is 33.4 Å². The Hall–Kier alpha value is -4.43. The maximum atomic E-state index is 14.3. The number of piperazine rings is 1. The van der Waals surface area contributed by atoms with Gasteiger partial charge in [-0.25, -0.2) is 9.78 Å². The smallest absolute Gasteiger partial charge is 0.332 e. The molecule has 4 aromatic rings. The molecular formula is C33H34Cl2N8O4S. The molecule has 12 nitrogen and oxygen atoms in total. The first kappa shape index (κ1) is 33.5. The highest BCUT2D eigenvalue weighted by Crippen LogP contribution is 2.33. The highest BCUT2D eigenvalue weighted by atomic mass is 35.5.